The van der Waals surface area contributed by atoms with E-state index in [-0.39, 0.29) is 10.8 Å². The number of nitrogens with zero attached hydrogens (tertiary/aromatic N) is 4. The van der Waals surface area contributed by atoms with Gasteiger partial charge in [0.1, 0.15) is 6.07 Å². The standard InChI is InChI=1S/C50H34N4/c1-49(2)38-18-10-6-14-30(38)34-22-24-36-32-16-8-12-20-41(32)53(47(36)45(34)49)43-27-40(52-5)44(26-29(43)28-51)54-42-21-13-9-17-33(42)37-25-23-35-31-15-7-11-19-39(31)50(3,4)46(35)48(37)54/h6-27H,1-4H3. The molecule has 0 saturated carbocycles. The second-order valence-electron chi connectivity index (χ2n) is 15.9. The number of fused-ring (bicyclic) bond motifs is 14. The topological polar surface area (TPSA) is 38.0 Å². The highest BCUT2D eigenvalue weighted by atomic mass is 15.0. The zero-order chi connectivity index (χ0) is 36.7. The first-order valence-electron chi connectivity index (χ1n) is 18.5. The molecule has 4 heteroatoms. The molecule has 2 aliphatic rings. The first-order chi connectivity index (χ1) is 26.3. The molecule has 0 atom stereocenters. The van der Waals surface area contributed by atoms with Gasteiger partial charge in [-0.1, -0.05) is 137 Å². The lowest BCUT2D eigenvalue weighted by Crippen LogP contribution is -2.17. The van der Waals surface area contributed by atoms with E-state index in [0.717, 1.165) is 55.0 Å². The van der Waals surface area contributed by atoms with Crippen molar-refractivity contribution in [3.05, 3.63) is 173 Å². The Balaban J connectivity index is 1.26. The lowest BCUT2D eigenvalue weighted by Gasteiger charge is -2.25. The number of rotatable bonds is 2. The van der Waals surface area contributed by atoms with Gasteiger partial charge in [0, 0.05) is 32.4 Å². The number of hydrogen-bond acceptors (Lipinski definition) is 1. The van der Waals surface area contributed by atoms with Gasteiger partial charge >= 0.3 is 0 Å². The van der Waals surface area contributed by atoms with E-state index in [2.05, 4.69) is 169 Å². The molecule has 0 bridgehead atoms. The molecule has 7 aromatic carbocycles. The van der Waals surface area contributed by atoms with Crippen LogP contribution in [0.5, 0.6) is 0 Å². The Bertz CT molecular complexity index is 3020. The zero-order valence-electron chi connectivity index (χ0n) is 30.5. The second-order valence-corrected chi connectivity index (χ2v) is 15.9. The molecule has 2 heterocycles. The minimum Gasteiger partial charge on any atom is -0.319 e. The molecule has 0 unspecified atom stereocenters. The van der Waals surface area contributed by atoms with Crippen LogP contribution in [-0.4, -0.2) is 9.13 Å². The number of benzene rings is 7. The van der Waals surface area contributed by atoms with Crippen molar-refractivity contribution in [2.45, 2.75) is 38.5 Å². The number of hydrogen-bond donors (Lipinski definition) is 0. The minimum atomic E-state index is -0.277. The van der Waals surface area contributed by atoms with E-state index in [4.69, 9.17) is 6.57 Å². The molecule has 9 aromatic rings. The molecule has 11 rings (SSSR count). The molecule has 2 aromatic heterocycles. The Kier molecular flexibility index (Phi) is 5.90. The van der Waals surface area contributed by atoms with Crippen molar-refractivity contribution in [1.29, 1.82) is 5.26 Å². The molecule has 54 heavy (non-hydrogen) atoms. The molecule has 4 nitrogen and oxygen atoms in total. The number of aromatic nitrogens is 2. The summed E-state index contributed by atoms with van der Waals surface area (Å²) in [7, 11) is 0. The van der Waals surface area contributed by atoms with Crippen molar-refractivity contribution in [2.24, 2.45) is 0 Å². The summed E-state index contributed by atoms with van der Waals surface area (Å²) in [6.07, 6.45) is 0. The molecule has 0 radical (unpaired) electrons. The fourth-order valence-electron chi connectivity index (χ4n) is 10.2. The third-order valence-corrected chi connectivity index (χ3v) is 12.5. The first kappa shape index (κ1) is 30.7. The van der Waals surface area contributed by atoms with Gasteiger partial charge in [-0.05, 0) is 68.8 Å². The summed E-state index contributed by atoms with van der Waals surface area (Å²) < 4.78 is 4.52. The van der Waals surface area contributed by atoms with Gasteiger partial charge in [-0.2, -0.15) is 5.26 Å². The fraction of sp³-hybridized carbons (Fsp3) is 0.120. The quantitative estimate of drug-likeness (QED) is 0.166. The van der Waals surface area contributed by atoms with Crippen LogP contribution in [-0.2, 0) is 10.8 Å². The smallest absolute Gasteiger partial charge is 0.212 e. The van der Waals surface area contributed by atoms with Gasteiger partial charge in [-0.25, -0.2) is 4.85 Å². The summed E-state index contributed by atoms with van der Waals surface area (Å²) in [5, 5.41) is 15.7. The maximum Gasteiger partial charge on any atom is 0.212 e. The molecule has 0 aliphatic heterocycles. The highest BCUT2D eigenvalue weighted by Gasteiger charge is 2.40. The van der Waals surface area contributed by atoms with E-state index in [1.165, 1.54) is 44.5 Å². The van der Waals surface area contributed by atoms with Crippen LogP contribution >= 0.6 is 0 Å². The maximum absolute atomic E-state index is 11.1. The molecule has 0 amide bonds. The van der Waals surface area contributed by atoms with Gasteiger partial charge in [0.05, 0.1) is 45.6 Å². The Morgan fingerprint density at radius 3 is 1.48 bits per heavy atom. The number of nitriles is 1. The fourth-order valence-corrected chi connectivity index (χ4v) is 10.2. The third kappa shape index (κ3) is 3.65. The molecular weight excluding hydrogens is 657 g/mol. The SMILES string of the molecule is [C-]#[N+]c1cc(-n2c3ccccc3c3ccc4c(c32)C(C)(C)c2ccccc2-4)c(C#N)cc1-n1c2ccccc2c2ccc3c(c21)C(C)(C)c1ccccc1-3. The Hall–Kier alpha value is -6.88. The van der Waals surface area contributed by atoms with E-state index in [0.29, 0.717) is 11.3 Å². The average molecular weight is 691 g/mol. The van der Waals surface area contributed by atoms with Crippen LogP contribution in [0.3, 0.4) is 0 Å². The van der Waals surface area contributed by atoms with Crippen LogP contribution in [0.15, 0.2) is 133 Å². The minimum absolute atomic E-state index is 0.276. The van der Waals surface area contributed by atoms with Crippen LogP contribution in [0, 0.1) is 17.9 Å². The molecule has 0 saturated heterocycles. The highest BCUT2D eigenvalue weighted by Crippen LogP contribution is 2.55. The Morgan fingerprint density at radius 1 is 0.519 bits per heavy atom. The van der Waals surface area contributed by atoms with Crippen molar-refractivity contribution < 1.29 is 0 Å². The summed E-state index contributed by atoms with van der Waals surface area (Å²) in [5.41, 5.74) is 16.1. The van der Waals surface area contributed by atoms with E-state index in [9.17, 15) is 5.26 Å². The largest absolute Gasteiger partial charge is 0.319 e. The molecule has 0 N–H and O–H groups in total. The van der Waals surface area contributed by atoms with Gasteiger partial charge in [0.2, 0.25) is 5.69 Å². The normalized spacial score (nSPS) is 14.6. The molecule has 2 aliphatic carbocycles. The Morgan fingerprint density at radius 2 is 0.981 bits per heavy atom. The summed E-state index contributed by atoms with van der Waals surface area (Å²) in [5.74, 6) is 0. The van der Waals surface area contributed by atoms with Gasteiger partial charge in [-0.3, -0.25) is 0 Å². The van der Waals surface area contributed by atoms with Crippen molar-refractivity contribution >= 4 is 49.3 Å². The third-order valence-electron chi connectivity index (χ3n) is 12.5. The summed E-state index contributed by atoms with van der Waals surface area (Å²) in [4.78, 5) is 4.26. The van der Waals surface area contributed by atoms with Crippen molar-refractivity contribution in [3.63, 3.8) is 0 Å². The average Bonchev–Trinajstić information content (AvgIpc) is 3.86. The lowest BCUT2D eigenvalue weighted by molar-refractivity contribution is 0.663. The first-order valence-corrected chi connectivity index (χ1v) is 18.5. The van der Waals surface area contributed by atoms with Gasteiger partial charge < -0.3 is 9.13 Å². The monoisotopic (exact) mass is 690 g/mol. The molecule has 0 fully saturated rings. The lowest BCUT2D eigenvalue weighted by atomic mass is 9.81. The number of para-hydroxylation sites is 2. The van der Waals surface area contributed by atoms with Crippen molar-refractivity contribution in [1.82, 2.24) is 9.13 Å². The van der Waals surface area contributed by atoms with Crippen LogP contribution in [0.2, 0.25) is 0 Å². The molecule has 0 spiro atoms. The van der Waals surface area contributed by atoms with Crippen molar-refractivity contribution in [3.8, 4) is 39.7 Å². The van der Waals surface area contributed by atoms with Crippen LogP contribution in [0.4, 0.5) is 5.69 Å². The second kappa shape index (κ2) is 10.4. The predicted molar refractivity (Wildman–Crippen MR) is 221 cm³/mol. The predicted octanol–water partition coefficient (Wildman–Crippen LogP) is 12.9. The van der Waals surface area contributed by atoms with Crippen LogP contribution < -0.4 is 0 Å². The summed E-state index contributed by atoms with van der Waals surface area (Å²) >= 11 is 0. The van der Waals surface area contributed by atoms with E-state index >= 15 is 0 Å². The highest BCUT2D eigenvalue weighted by molar-refractivity contribution is 6.15. The van der Waals surface area contributed by atoms with Crippen LogP contribution in [0.1, 0.15) is 55.5 Å². The van der Waals surface area contributed by atoms with E-state index < -0.39 is 0 Å². The molecule has 254 valence electrons. The Labute approximate surface area is 313 Å². The van der Waals surface area contributed by atoms with Gasteiger partial charge in [-0.15, -0.1) is 0 Å². The van der Waals surface area contributed by atoms with Crippen LogP contribution in [0.25, 0.3) is 82.1 Å². The zero-order valence-corrected chi connectivity index (χ0v) is 30.5. The summed E-state index contributed by atoms with van der Waals surface area (Å²) in [6.45, 7) is 17.9. The maximum atomic E-state index is 11.1. The van der Waals surface area contributed by atoms with Gasteiger partial charge in [0.25, 0.3) is 0 Å². The van der Waals surface area contributed by atoms with Crippen molar-refractivity contribution in [2.75, 3.05) is 0 Å². The van der Waals surface area contributed by atoms with E-state index in [1.54, 1.807) is 0 Å². The molecular formula is C50H34N4. The van der Waals surface area contributed by atoms with E-state index in [1.807, 2.05) is 12.1 Å². The summed E-state index contributed by atoms with van der Waals surface area (Å²) in [6, 6.07) is 49.8. The van der Waals surface area contributed by atoms with Gasteiger partial charge in [0.15, 0.2) is 0 Å².